The van der Waals surface area contributed by atoms with Crippen molar-refractivity contribution in [1.82, 2.24) is 5.32 Å². The van der Waals surface area contributed by atoms with Crippen molar-refractivity contribution in [3.63, 3.8) is 0 Å². The zero-order valence-corrected chi connectivity index (χ0v) is 14.6. The van der Waals surface area contributed by atoms with Crippen molar-refractivity contribution in [3.8, 4) is 0 Å². The van der Waals surface area contributed by atoms with E-state index < -0.39 is 41.3 Å². The summed E-state index contributed by atoms with van der Waals surface area (Å²) in [5, 5.41) is 12.7. The molecule has 0 fully saturated rings. The zero-order chi connectivity index (χ0) is 17.7. The van der Waals surface area contributed by atoms with Crippen LogP contribution in [0, 0.1) is 5.92 Å². The van der Waals surface area contributed by atoms with Crippen molar-refractivity contribution < 1.29 is 24.2 Å². The SMILES string of the molecule is C=C[C@H]([C@H](C)NC(=O)OC(C)(C)C)[C@H](O)C(=O)OC(C)(C)C. The molecule has 3 atom stereocenters. The normalized spacial score (nSPS) is 16.2. The molecule has 0 heterocycles. The lowest BCUT2D eigenvalue weighted by Crippen LogP contribution is -2.47. The molecule has 6 nitrogen and oxygen atoms in total. The number of aliphatic hydroxyl groups is 1. The van der Waals surface area contributed by atoms with Crippen molar-refractivity contribution in [2.24, 2.45) is 5.92 Å². The number of nitrogens with one attached hydrogen (secondary N) is 1. The van der Waals surface area contributed by atoms with Gasteiger partial charge in [-0.05, 0) is 48.5 Å². The van der Waals surface area contributed by atoms with Crippen LogP contribution in [-0.2, 0) is 14.3 Å². The summed E-state index contributed by atoms with van der Waals surface area (Å²) >= 11 is 0. The van der Waals surface area contributed by atoms with Gasteiger partial charge >= 0.3 is 12.1 Å². The second-order valence-corrected chi connectivity index (χ2v) is 7.23. The van der Waals surface area contributed by atoms with Crippen LogP contribution in [0.5, 0.6) is 0 Å². The number of amides is 1. The summed E-state index contributed by atoms with van der Waals surface area (Å²) in [5.41, 5.74) is -1.33. The van der Waals surface area contributed by atoms with Gasteiger partial charge in [-0.2, -0.15) is 0 Å². The second-order valence-electron chi connectivity index (χ2n) is 7.23. The Morgan fingerprint density at radius 3 is 1.91 bits per heavy atom. The molecule has 0 saturated heterocycles. The van der Waals surface area contributed by atoms with E-state index in [1.54, 1.807) is 48.5 Å². The maximum Gasteiger partial charge on any atom is 0.407 e. The van der Waals surface area contributed by atoms with Crippen molar-refractivity contribution in [2.45, 2.75) is 71.8 Å². The number of ether oxygens (including phenoxy) is 2. The Bertz CT molecular complexity index is 406. The molecule has 6 heteroatoms. The molecule has 0 spiro atoms. The summed E-state index contributed by atoms with van der Waals surface area (Å²) in [5.74, 6) is -1.45. The van der Waals surface area contributed by atoms with Crippen molar-refractivity contribution >= 4 is 12.1 Å². The van der Waals surface area contributed by atoms with Crippen LogP contribution in [-0.4, -0.2) is 40.5 Å². The minimum Gasteiger partial charge on any atom is -0.458 e. The fraction of sp³-hybridized carbons (Fsp3) is 0.750. The van der Waals surface area contributed by atoms with Gasteiger partial charge in [-0.3, -0.25) is 0 Å². The lowest BCUT2D eigenvalue weighted by molar-refractivity contribution is -0.167. The van der Waals surface area contributed by atoms with E-state index in [0.717, 1.165) is 0 Å². The van der Waals surface area contributed by atoms with Gasteiger partial charge in [0.1, 0.15) is 11.2 Å². The third-order valence-corrected chi connectivity index (χ3v) is 2.61. The van der Waals surface area contributed by atoms with E-state index in [0.29, 0.717) is 0 Å². The first-order valence-electron chi connectivity index (χ1n) is 7.30. The van der Waals surface area contributed by atoms with E-state index >= 15 is 0 Å². The van der Waals surface area contributed by atoms with Gasteiger partial charge in [0.15, 0.2) is 6.10 Å². The zero-order valence-electron chi connectivity index (χ0n) is 14.6. The Hall–Kier alpha value is -1.56. The van der Waals surface area contributed by atoms with Crippen LogP contribution >= 0.6 is 0 Å². The third kappa shape index (κ3) is 8.02. The summed E-state index contributed by atoms with van der Waals surface area (Å²) in [6.45, 7) is 15.6. The van der Waals surface area contributed by atoms with Crippen LogP contribution < -0.4 is 5.32 Å². The quantitative estimate of drug-likeness (QED) is 0.601. The molecule has 0 aliphatic carbocycles. The van der Waals surface area contributed by atoms with Gasteiger partial charge < -0.3 is 19.9 Å². The highest BCUT2D eigenvalue weighted by atomic mass is 16.6. The Morgan fingerprint density at radius 1 is 1.09 bits per heavy atom. The van der Waals surface area contributed by atoms with Crippen LogP contribution in [0.25, 0.3) is 0 Å². The van der Waals surface area contributed by atoms with E-state index in [1.807, 2.05) is 0 Å². The lowest BCUT2D eigenvalue weighted by atomic mass is 9.94. The van der Waals surface area contributed by atoms with E-state index in [-0.39, 0.29) is 0 Å². The number of aliphatic hydroxyl groups excluding tert-OH is 1. The first kappa shape index (κ1) is 20.4. The molecular weight excluding hydrogens is 286 g/mol. The van der Waals surface area contributed by atoms with E-state index in [9.17, 15) is 14.7 Å². The molecule has 0 saturated carbocycles. The standard InChI is InChI=1S/C16H29NO5/c1-9-11(12(18)13(19)21-15(3,4)5)10(2)17-14(20)22-16(6,7)8/h9-12,18H,1H2,2-8H3,(H,17,20)/t10-,11+,12-/m0/s1. The van der Waals surface area contributed by atoms with Crippen LogP contribution in [0.15, 0.2) is 12.7 Å². The molecule has 0 rings (SSSR count). The predicted octanol–water partition coefficient (Wildman–Crippen LogP) is 2.40. The largest absolute Gasteiger partial charge is 0.458 e. The van der Waals surface area contributed by atoms with E-state index in [1.165, 1.54) is 6.08 Å². The number of rotatable bonds is 5. The number of carbonyl (C=O) groups excluding carboxylic acids is 2. The Morgan fingerprint density at radius 2 is 1.55 bits per heavy atom. The molecular formula is C16H29NO5. The van der Waals surface area contributed by atoms with Gasteiger partial charge in [0.05, 0.1) is 0 Å². The van der Waals surface area contributed by atoms with Crippen molar-refractivity contribution in [2.75, 3.05) is 0 Å². The molecule has 2 N–H and O–H groups in total. The highest BCUT2D eigenvalue weighted by Crippen LogP contribution is 2.17. The molecule has 0 aromatic heterocycles. The van der Waals surface area contributed by atoms with Gasteiger partial charge in [-0.1, -0.05) is 6.08 Å². The molecule has 0 aromatic carbocycles. The monoisotopic (exact) mass is 315 g/mol. The van der Waals surface area contributed by atoms with Gasteiger partial charge in [0.25, 0.3) is 0 Å². The second kappa shape index (κ2) is 7.63. The number of hydrogen-bond acceptors (Lipinski definition) is 5. The predicted molar refractivity (Wildman–Crippen MR) is 84.4 cm³/mol. The summed E-state index contributed by atoms with van der Waals surface area (Å²) in [6.07, 6.45) is -0.624. The first-order chi connectivity index (χ1) is 9.76. The highest BCUT2D eigenvalue weighted by Gasteiger charge is 2.33. The van der Waals surface area contributed by atoms with E-state index in [4.69, 9.17) is 9.47 Å². The smallest absolute Gasteiger partial charge is 0.407 e. The summed E-state index contributed by atoms with van der Waals surface area (Å²) in [6, 6.07) is -0.546. The fourth-order valence-electron chi connectivity index (χ4n) is 1.72. The first-order valence-corrected chi connectivity index (χ1v) is 7.30. The number of hydrogen-bond donors (Lipinski definition) is 2. The third-order valence-electron chi connectivity index (χ3n) is 2.61. The molecule has 128 valence electrons. The summed E-state index contributed by atoms with van der Waals surface area (Å²) in [4.78, 5) is 23.7. The fourth-order valence-corrected chi connectivity index (χ4v) is 1.72. The summed E-state index contributed by atoms with van der Waals surface area (Å²) < 4.78 is 10.3. The minimum absolute atomic E-state index is 0.546. The van der Waals surface area contributed by atoms with Gasteiger partial charge in [-0.25, -0.2) is 9.59 Å². The Labute approximate surface area is 132 Å². The van der Waals surface area contributed by atoms with Crippen LogP contribution in [0.4, 0.5) is 4.79 Å². The van der Waals surface area contributed by atoms with Crippen LogP contribution in [0.1, 0.15) is 48.5 Å². The van der Waals surface area contributed by atoms with Gasteiger partial charge in [-0.15, -0.1) is 6.58 Å². The molecule has 22 heavy (non-hydrogen) atoms. The lowest BCUT2D eigenvalue weighted by Gasteiger charge is -2.29. The molecule has 0 unspecified atom stereocenters. The average molecular weight is 315 g/mol. The average Bonchev–Trinajstić information content (AvgIpc) is 2.24. The molecule has 0 aliphatic heterocycles. The number of alkyl carbamates (subject to hydrolysis) is 1. The molecule has 0 radical (unpaired) electrons. The van der Waals surface area contributed by atoms with Gasteiger partial charge in [0.2, 0.25) is 0 Å². The topological polar surface area (TPSA) is 84.9 Å². The maximum atomic E-state index is 11.9. The Kier molecular flexibility index (Phi) is 7.09. The number of carbonyl (C=O) groups is 2. The summed E-state index contributed by atoms with van der Waals surface area (Å²) in [7, 11) is 0. The molecule has 0 aromatic rings. The maximum absolute atomic E-state index is 11.9. The number of esters is 1. The molecule has 1 amide bonds. The van der Waals surface area contributed by atoms with Gasteiger partial charge in [0, 0.05) is 12.0 Å². The molecule has 0 aliphatic rings. The van der Waals surface area contributed by atoms with Crippen molar-refractivity contribution in [3.05, 3.63) is 12.7 Å². The Balaban J connectivity index is 4.77. The van der Waals surface area contributed by atoms with Crippen LogP contribution in [0.2, 0.25) is 0 Å². The highest BCUT2D eigenvalue weighted by molar-refractivity contribution is 5.76. The molecule has 0 bridgehead atoms. The minimum atomic E-state index is -1.42. The van der Waals surface area contributed by atoms with Crippen molar-refractivity contribution in [1.29, 1.82) is 0 Å². The van der Waals surface area contributed by atoms with E-state index in [2.05, 4.69) is 11.9 Å². The van der Waals surface area contributed by atoms with Crippen LogP contribution in [0.3, 0.4) is 0 Å².